The van der Waals surface area contributed by atoms with Crippen molar-refractivity contribution in [1.29, 1.82) is 0 Å². The number of carbonyl (C=O) groups is 1. The van der Waals surface area contributed by atoms with E-state index in [9.17, 15) is 14.9 Å². The van der Waals surface area contributed by atoms with Crippen molar-refractivity contribution < 1.29 is 14.5 Å². The Morgan fingerprint density at radius 2 is 1.91 bits per heavy atom. The second kappa shape index (κ2) is 9.76. The Balaban J connectivity index is 2.56. The van der Waals surface area contributed by atoms with Crippen LogP contribution in [0.3, 0.4) is 0 Å². The minimum atomic E-state index is -0.477. The number of hydrogen-bond acceptors (Lipinski definition) is 4. The molecule has 0 saturated heterocycles. The molecule has 0 aliphatic carbocycles. The summed E-state index contributed by atoms with van der Waals surface area (Å²) < 4.78 is 5.62. The third-order valence-corrected chi connectivity index (χ3v) is 3.24. The van der Waals surface area contributed by atoms with Crippen LogP contribution < -0.4 is 10.1 Å². The lowest BCUT2D eigenvalue weighted by Crippen LogP contribution is -2.08. The molecule has 0 atom stereocenters. The fourth-order valence-electron chi connectivity index (χ4n) is 2.10. The zero-order chi connectivity index (χ0) is 16.4. The number of unbranched alkanes of at least 4 members (excludes halogenated alkanes) is 5. The van der Waals surface area contributed by atoms with Crippen LogP contribution in [0.15, 0.2) is 18.2 Å². The number of nitro groups is 1. The van der Waals surface area contributed by atoms with Crippen LogP contribution in [0.5, 0.6) is 5.75 Å². The number of nitro benzene ring substituents is 1. The standard InChI is InChI=1S/C16H24N2O4/c1-3-4-5-6-7-8-11-22-16-12-14(18(20)21)9-10-15(16)17-13(2)19/h9-10,12H,3-8,11H2,1-2H3,(H,17,19). The van der Waals surface area contributed by atoms with Gasteiger partial charge in [-0.15, -0.1) is 0 Å². The summed E-state index contributed by atoms with van der Waals surface area (Å²) in [6, 6.07) is 4.20. The van der Waals surface area contributed by atoms with E-state index in [0.717, 1.165) is 12.8 Å². The Morgan fingerprint density at radius 3 is 2.55 bits per heavy atom. The van der Waals surface area contributed by atoms with E-state index in [2.05, 4.69) is 12.2 Å². The molecule has 1 aromatic carbocycles. The Hall–Kier alpha value is -2.11. The summed E-state index contributed by atoms with van der Waals surface area (Å²) in [5, 5.41) is 13.4. The molecule has 6 nitrogen and oxygen atoms in total. The highest BCUT2D eigenvalue weighted by molar-refractivity contribution is 5.90. The molecular weight excluding hydrogens is 284 g/mol. The first-order valence-electron chi connectivity index (χ1n) is 7.73. The first kappa shape index (κ1) is 17.9. The van der Waals surface area contributed by atoms with Gasteiger partial charge in [-0.05, 0) is 12.5 Å². The summed E-state index contributed by atoms with van der Waals surface area (Å²) in [5.41, 5.74) is 0.413. The summed E-state index contributed by atoms with van der Waals surface area (Å²) >= 11 is 0. The van der Waals surface area contributed by atoms with E-state index in [1.807, 2.05) is 0 Å². The molecule has 6 heteroatoms. The first-order valence-corrected chi connectivity index (χ1v) is 7.73. The lowest BCUT2D eigenvalue weighted by Gasteiger charge is -2.11. The normalized spacial score (nSPS) is 10.3. The van der Waals surface area contributed by atoms with Gasteiger partial charge in [0.15, 0.2) is 0 Å². The smallest absolute Gasteiger partial charge is 0.273 e. The molecule has 0 aliphatic rings. The highest BCUT2D eigenvalue weighted by Crippen LogP contribution is 2.29. The topological polar surface area (TPSA) is 81.5 Å². The van der Waals surface area contributed by atoms with Crippen LogP contribution >= 0.6 is 0 Å². The second-order valence-corrected chi connectivity index (χ2v) is 5.23. The van der Waals surface area contributed by atoms with Crippen molar-refractivity contribution >= 4 is 17.3 Å². The molecule has 1 N–H and O–H groups in total. The molecule has 0 fully saturated rings. The number of anilines is 1. The lowest BCUT2D eigenvalue weighted by molar-refractivity contribution is -0.384. The fraction of sp³-hybridized carbons (Fsp3) is 0.562. The number of rotatable bonds is 10. The highest BCUT2D eigenvalue weighted by Gasteiger charge is 2.12. The van der Waals surface area contributed by atoms with Gasteiger partial charge in [-0.1, -0.05) is 39.0 Å². The SMILES string of the molecule is CCCCCCCCOc1cc([N+](=O)[O-])ccc1NC(C)=O. The Morgan fingerprint density at radius 1 is 1.23 bits per heavy atom. The average molecular weight is 308 g/mol. The summed E-state index contributed by atoms with van der Waals surface area (Å²) in [5.74, 6) is 0.108. The average Bonchev–Trinajstić information content (AvgIpc) is 2.47. The van der Waals surface area contributed by atoms with Crippen molar-refractivity contribution in [3.8, 4) is 5.75 Å². The molecule has 0 aromatic heterocycles. The van der Waals surface area contributed by atoms with E-state index in [-0.39, 0.29) is 11.6 Å². The molecule has 0 unspecified atom stereocenters. The quantitative estimate of drug-likeness (QED) is 0.397. The number of non-ortho nitro benzene ring substituents is 1. The number of hydrogen-bond donors (Lipinski definition) is 1. The molecule has 1 rings (SSSR count). The van der Waals surface area contributed by atoms with Crippen molar-refractivity contribution in [1.82, 2.24) is 0 Å². The van der Waals surface area contributed by atoms with Crippen molar-refractivity contribution in [2.75, 3.05) is 11.9 Å². The van der Waals surface area contributed by atoms with Crippen molar-refractivity contribution in [3.05, 3.63) is 28.3 Å². The Bertz CT molecular complexity index is 503. The molecule has 1 aromatic rings. The molecule has 0 spiro atoms. The molecule has 0 aliphatic heterocycles. The van der Waals surface area contributed by atoms with E-state index in [4.69, 9.17) is 4.74 Å². The molecule has 22 heavy (non-hydrogen) atoms. The van der Waals surface area contributed by atoms with Crippen LogP contribution in [-0.2, 0) is 4.79 Å². The maximum atomic E-state index is 11.2. The van der Waals surface area contributed by atoms with E-state index in [1.54, 1.807) is 0 Å². The summed E-state index contributed by atoms with van der Waals surface area (Å²) in [6.07, 6.45) is 6.83. The highest BCUT2D eigenvalue weighted by atomic mass is 16.6. The van der Waals surface area contributed by atoms with Gasteiger partial charge in [0.2, 0.25) is 5.91 Å². The number of nitrogens with zero attached hydrogens (tertiary/aromatic N) is 1. The van der Waals surface area contributed by atoms with E-state index in [0.29, 0.717) is 18.0 Å². The number of amides is 1. The fourth-order valence-corrected chi connectivity index (χ4v) is 2.10. The third kappa shape index (κ3) is 6.56. The number of carbonyl (C=O) groups excluding carboxylic acids is 1. The first-order chi connectivity index (χ1) is 10.5. The van der Waals surface area contributed by atoms with E-state index < -0.39 is 4.92 Å². The van der Waals surface area contributed by atoms with Gasteiger partial charge >= 0.3 is 0 Å². The number of ether oxygens (including phenoxy) is 1. The van der Waals surface area contributed by atoms with Gasteiger partial charge in [0.25, 0.3) is 5.69 Å². The van der Waals surface area contributed by atoms with Crippen molar-refractivity contribution in [3.63, 3.8) is 0 Å². The molecular formula is C16H24N2O4. The lowest BCUT2D eigenvalue weighted by atomic mass is 10.1. The van der Waals surface area contributed by atoms with Gasteiger partial charge in [0, 0.05) is 13.0 Å². The monoisotopic (exact) mass is 308 g/mol. The number of nitrogens with one attached hydrogen (secondary N) is 1. The molecule has 1 amide bonds. The number of benzene rings is 1. The Labute approximate surface area is 131 Å². The van der Waals surface area contributed by atoms with Gasteiger partial charge in [-0.2, -0.15) is 0 Å². The largest absolute Gasteiger partial charge is 0.491 e. The van der Waals surface area contributed by atoms with Gasteiger partial charge in [-0.3, -0.25) is 14.9 Å². The molecule has 122 valence electrons. The van der Waals surface area contributed by atoms with Crippen molar-refractivity contribution in [2.45, 2.75) is 52.4 Å². The zero-order valence-electron chi connectivity index (χ0n) is 13.3. The molecule has 0 saturated carbocycles. The maximum absolute atomic E-state index is 11.2. The van der Waals surface area contributed by atoms with Gasteiger partial charge in [0.05, 0.1) is 23.3 Å². The third-order valence-electron chi connectivity index (χ3n) is 3.24. The zero-order valence-corrected chi connectivity index (χ0v) is 13.3. The molecule has 0 radical (unpaired) electrons. The minimum absolute atomic E-state index is 0.0490. The van der Waals surface area contributed by atoms with Gasteiger partial charge < -0.3 is 10.1 Å². The predicted molar refractivity (Wildman–Crippen MR) is 86.3 cm³/mol. The molecule has 0 bridgehead atoms. The van der Waals surface area contributed by atoms with E-state index >= 15 is 0 Å². The van der Waals surface area contributed by atoms with Crippen LogP contribution in [0.25, 0.3) is 0 Å². The summed E-state index contributed by atoms with van der Waals surface area (Å²) in [4.78, 5) is 21.5. The predicted octanol–water partition coefficient (Wildman–Crippen LogP) is 4.29. The maximum Gasteiger partial charge on any atom is 0.273 e. The van der Waals surface area contributed by atoms with Gasteiger partial charge in [-0.25, -0.2) is 0 Å². The van der Waals surface area contributed by atoms with Crippen molar-refractivity contribution in [2.24, 2.45) is 0 Å². The van der Waals surface area contributed by atoms with Crippen LogP contribution in [-0.4, -0.2) is 17.4 Å². The summed E-state index contributed by atoms with van der Waals surface area (Å²) in [7, 11) is 0. The second-order valence-electron chi connectivity index (χ2n) is 5.23. The molecule has 0 heterocycles. The van der Waals surface area contributed by atoms with Crippen LogP contribution in [0, 0.1) is 10.1 Å². The Kier molecular flexibility index (Phi) is 7.96. The summed E-state index contributed by atoms with van der Waals surface area (Å²) in [6.45, 7) is 4.05. The minimum Gasteiger partial charge on any atom is -0.491 e. The van der Waals surface area contributed by atoms with Crippen LogP contribution in [0.1, 0.15) is 52.4 Å². The van der Waals surface area contributed by atoms with Crippen LogP contribution in [0.4, 0.5) is 11.4 Å². The van der Waals surface area contributed by atoms with Gasteiger partial charge in [0.1, 0.15) is 5.75 Å². The van der Waals surface area contributed by atoms with Crippen LogP contribution in [0.2, 0.25) is 0 Å². The van der Waals surface area contributed by atoms with E-state index in [1.165, 1.54) is 50.8 Å².